The first-order valence-corrected chi connectivity index (χ1v) is 10.1. The Labute approximate surface area is 171 Å². The van der Waals surface area contributed by atoms with Gasteiger partial charge in [0.05, 0.1) is 5.69 Å². The van der Waals surface area contributed by atoms with Crippen molar-refractivity contribution in [3.63, 3.8) is 0 Å². The number of rotatable bonds is 7. The van der Waals surface area contributed by atoms with E-state index in [1.807, 2.05) is 55.6 Å². The number of benzene rings is 1. The number of hydrogen-bond donors (Lipinski definition) is 1. The second kappa shape index (κ2) is 8.19. The van der Waals surface area contributed by atoms with Crippen LogP contribution in [0.25, 0.3) is 0 Å². The van der Waals surface area contributed by atoms with Crippen LogP contribution >= 0.6 is 27.3 Å². The summed E-state index contributed by atoms with van der Waals surface area (Å²) in [6.45, 7) is 5.48. The molecule has 27 heavy (non-hydrogen) atoms. The molecular weight excluding hydrogens is 426 g/mol. The van der Waals surface area contributed by atoms with Crippen molar-refractivity contribution >= 4 is 44.0 Å². The van der Waals surface area contributed by atoms with Crippen LogP contribution in [0.4, 0.5) is 10.9 Å². The number of carbonyl (C=O) groups is 1. The van der Waals surface area contributed by atoms with Crippen LogP contribution in [0.5, 0.6) is 11.5 Å². The molecule has 0 aliphatic rings. The highest BCUT2D eigenvalue weighted by molar-refractivity contribution is 9.10. The quantitative estimate of drug-likeness (QED) is 0.483. The minimum atomic E-state index is -0.428. The molecule has 0 amide bonds. The third-order valence-electron chi connectivity index (χ3n) is 4.14. The van der Waals surface area contributed by atoms with Gasteiger partial charge in [0, 0.05) is 34.0 Å². The Bertz CT molecular complexity index is 941. The van der Waals surface area contributed by atoms with Gasteiger partial charge in [-0.05, 0) is 35.0 Å². The number of carbonyl (C=O) groups excluding carboxylic acids is 1. The molecule has 0 spiro atoms. The van der Waals surface area contributed by atoms with Gasteiger partial charge < -0.3 is 10.1 Å². The van der Waals surface area contributed by atoms with Gasteiger partial charge in [0.2, 0.25) is 0 Å². The van der Waals surface area contributed by atoms with E-state index in [2.05, 4.69) is 31.2 Å². The number of aromatic nitrogens is 2. The summed E-state index contributed by atoms with van der Waals surface area (Å²) in [7, 11) is 0. The number of hydrogen-bond acceptors (Lipinski definition) is 6. The van der Waals surface area contributed by atoms with E-state index >= 15 is 0 Å². The number of thiazole rings is 1. The van der Waals surface area contributed by atoms with Crippen LogP contribution in [0.1, 0.15) is 26.5 Å². The molecule has 1 aromatic carbocycles. The molecule has 3 aromatic rings. The number of nitrogens with one attached hydrogen (secondary N) is 1. The number of Topliss-reactive ketones (excluding diaryl/α,β-unsaturated/α-hetero) is 1. The van der Waals surface area contributed by atoms with Gasteiger partial charge in [-0.3, -0.25) is 4.79 Å². The highest BCUT2D eigenvalue weighted by Gasteiger charge is 2.25. The Hall–Kier alpha value is -2.25. The first-order chi connectivity index (χ1) is 12.8. The van der Waals surface area contributed by atoms with E-state index in [1.54, 1.807) is 13.1 Å². The Balaban J connectivity index is 1.79. The minimum absolute atomic E-state index is 0.151. The van der Waals surface area contributed by atoms with Crippen molar-refractivity contribution in [2.75, 3.05) is 5.32 Å². The molecule has 0 fully saturated rings. The van der Waals surface area contributed by atoms with Crippen LogP contribution in [0.3, 0.4) is 0 Å². The van der Waals surface area contributed by atoms with Gasteiger partial charge in [-0.15, -0.1) is 11.3 Å². The lowest BCUT2D eigenvalue weighted by atomic mass is 9.84. The van der Waals surface area contributed by atoms with E-state index in [0.717, 1.165) is 15.9 Å². The zero-order valence-electron chi connectivity index (χ0n) is 15.3. The smallest absolute Gasteiger partial charge is 0.188 e. The summed E-state index contributed by atoms with van der Waals surface area (Å²) in [5.41, 5.74) is 0.452. The van der Waals surface area contributed by atoms with Gasteiger partial charge in [0.25, 0.3) is 0 Å². The van der Waals surface area contributed by atoms with Gasteiger partial charge in [0.1, 0.15) is 11.5 Å². The average molecular weight is 446 g/mol. The van der Waals surface area contributed by atoms with E-state index < -0.39 is 5.41 Å². The summed E-state index contributed by atoms with van der Waals surface area (Å²) in [5.74, 6) is 2.05. The van der Waals surface area contributed by atoms with Gasteiger partial charge in [0.15, 0.2) is 16.7 Å². The first kappa shape index (κ1) is 19.5. The first-order valence-electron chi connectivity index (χ1n) is 8.44. The van der Waals surface area contributed by atoms with E-state index in [-0.39, 0.29) is 5.78 Å². The molecule has 0 aliphatic carbocycles. The fourth-order valence-corrected chi connectivity index (χ4v) is 3.35. The van der Waals surface area contributed by atoms with Crippen molar-refractivity contribution in [3.8, 4) is 11.5 Å². The zero-order chi connectivity index (χ0) is 19.4. The number of anilines is 2. The van der Waals surface area contributed by atoms with Gasteiger partial charge in [-0.25, -0.2) is 9.97 Å². The molecule has 0 saturated carbocycles. The van der Waals surface area contributed by atoms with Crippen LogP contribution in [0, 0.1) is 5.41 Å². The topological polar surface area (TPSA) is 64.1 Å². The molecule has 0 bridgehead atoms. The number of pyridine rings is 1. The van der Waals surface area contributed by atoms with Crippen molar-refractivity contribution in [2.45, 2.75) is 27.2 Å². The minimum Gasteiger partial charge on any atom is -0.453 e. The largest absolute Gasteiger partial charge is 0.453 e. The summed E-state index contributed by atoms with van der Waals surface area (Å²) in [5, 5.41) is 5.89. The average Bonchev–Trinajstić information content (AvgIpc) is 3.04. The van der Waals surface area contributed by atoms with E-state index in [0.29, 0.717) is 23.1 Å². The molecular formula is C20H20BrN3O2S. The van der Waals surface area contributed by atoms with Crippen molar-refractivity contribution in [3.05, 3.63) is 58.1 Å². The van der Waals surface area contributed by atoms with Crippen LogP contribution < -0.4 is 10.1 Å². The molecule has 1 N–H and O–H groups in total. The lowest BCUT2D eigenvalue weighted by Crippen LogP contribution is -2.24. The molecule has 140 valence electrons. The number of ketones is 1. The fourth-order valence-electron chi connectivity index (χ4n) is 2.33. The molecule has 3 rings (SSSR count). The third-order valence-corrected chi connectivity index (χ3v) is 5.38. The van der Waals surface area contributed by atoms with Gasteiger partial charge in [-0.1, -0.05) is 32.0 Å². The van der Waals surface area contributed by atoms with Crippen molar-refractivity contribution in [1.82, 2.24) is 9.97 Å². The molecule has 0 atom stereocenters. The third kappa shape index (κ3) is 5.14. The summed E-state index contributed by atoms with van der Waals surface area (Å²) in [6.07, 6.45) is 2.30. The van der Waals surface area contributed by atoms with E-state index in [9.17, 15) is 4.79 Å². The predicted molar refractivity (Wildman–Crippen MR) is 112 cm³/mol. The maximum Gasteiger partial charge on any atom is 0.188 e. The predicted octanol–water partition coefficient (Wildman–Crippen LogP) is 5.99. The van der Waals surface area contributed by atoms with Crippen LogP contribution in [-0.2, 0) is 11.2 Å². The standard InChI is InChI=1S/C20H20BrN3O2S/c1-13(25)20(2,3)10-15-12-27-19(23-15)24-18-17(9-14(21)11-22-18)26-16-7-5-4-6-8-16/h4-9,11-12H,10H2,1-3H3,(H,22,23,24). The monoisotopic (exact) mass is 445 g/mol. The van der Waals surface area contributed by atoms with E-state index in [4.69, 9.17) is 4.74 Å². The number of para-hydroxylation sites is 1. The van der Waals surface area contributed by atoms with Crippen LogP contribution in [0.2, 0.25) is 0 Å². The normalized spacial score (nSPS) is 11.3. The summed E-state index contributed by atoms with van der Waals surface area (Å²) in [6, 6.07) is 11.4. The molecule has 2 aromatic heterocycles. The lowest BCUT2D eigenvalue weighted by molar-refractivity contribution is -0.124. The molecule has 2 heterocycles. The molecule has 0 aliphatic heterocycles. The van der Waals surface area contributed by atoms with Gasteiger partial charge >= 0.3 is 0 Å². The molecule has 7 heteroatoms. The second-order valence-corrected chi connectivity index (χ2v) is 8.58. The SMILES string of the molecule is CC(=O)C(C)(C)Cc1csc(Nc2ncc(Br)cc2Oc2ccccc2)n1. The second-order valence-electron chi connectivity index (χ2n) is 6.80. The molecule has 0 saturated heterocycles. The Morgan fingerprint density at radius 1 is 1.30 bits per heavy atom. The maximum absolute atomic E-state index is 11.7. The summed E-state index contributed by atoms with van der Waals surface area (Å²) >= 11 is 4.91. The van der Waals surface area contributed by atoms with Crippen molar-refractivity contribution in [1.29, 1.82) is 0 Å². The number of ether oxygens (including phenoxy) is 1. The highest BCUT2D eigenvalue weighted by Crippen LogP contribution is 2.33. The highest BCUT2D eigenvalue weighted by atomic mass is 79.9. The molecule has 5 nitrogen and oxygen atoms in total. The Morgan fingerprint density at radius 3 is 2.74 bits per heavy atom. The fraction of sp³-hybridized carbons (Fsp3) is 0.250. The van der Waals surface area contributed by atoms with E-state index in [1.165, 1.54) is 11.3 Å². The number of nitrogens with zero attached hydrogens (tertiary/aromatic N) is 2. The van der Waals surface area contributed by atoms with Gasteiger partial charge in [-0.2, -0.15) is 0 Å². The lowest BCUT2D eigenvalue weighted by Gasteiger charge is -2.19. The van der Waals surface area contributed by atoms with Crippen LogP contribution in [-0.4, -0.2) is 15.8 Å². The molecule has 0 unspecified atom stereocenters. The van der Waals surface area contributed by atoms with Crippen molar-refractivity contribution in [2.24, 2.45) is 5.41 Å². The molecule has 0 radical (unpaired) electrons. The summed E-state index contributed by atoms with van der Waals surface area (Å²) in [4.78, 5) is 20.7. The Morgan fingerprint density at radius 2 is 2.04 bits per heavy atom. The summed E-state index contributed by atoms with van der Waals surface area (Å²) < 4.78 is 6.78. The maximum atomic E-state index is 11.7. The van der Waals surface area contributed by atoms with Crippen molar-refractivity contribution < 1.29 is 9.53 Å². The van der Waals surface area contributed by atoms with Crippen LogP contribution in [0.15, 0.2) is 52.4 Å². The Kier molecular flexibility index (Phi) is 5.92. The number of halogens is 1. The zero-order valence-corrected chi connectivity index (χ0v) is 17.7.